The van der Waals surface area contributed by atoms with Gasteiger partial charge in [0.25, 0.3) is 0 Å². The summed E-state index contributed by atoms with van der Waals surface area (Å²) in [5.41, 5.74) is 2.07. The fraction of sp³-hybridized carbons (Fsp3) is 0.222. The summed E-state index contributed by atoms with van der Waals surface area (Å²) in [7, 11) is 1.61. The molecule has 1 atom stereocenters. The highest BCUT2D eigenvalue weighted by Crippen LogP contribution is 2.32. The number of rotatable bonds is 2. The molecule has 0 spiro atoms. The van der Waals surface area contributed by atoms with Crippen molar-refractivity contribution >= 4 is 17.4 Å². The zero-order valence-corrected chi connectivity index (χ0v) is 12.3. The average molecular weight is 295 g/mol. The number of nitrogens with one attached hydrogen (secondary N) is 1. The average Bonchev–Trinajstić information content (AvgIpc) is 2.54. The van der Waals surface area contributed by atoms with Gasteiger partial charge >= 0.3 is 0 Å². The van der Waals surface area contributed by atoms with E-state index in [0.29, 0.717) is 24.1 Å². The molecule has 1 aliphatic heterocycles. The molecule has 1 N–H and O–H groups in total. The third-order valence-corrected chi connectivity index (χ3v) is 3.96. The van der Waals surface area contributed by atoms with Gasteiger partial charge in [-0.05, 0) is 36.2 Å². The number of ether oxygens (including phenoxy) is 1. The van der Waals surface area contributed by atoms with Crippen LogP contribution in [0.15, 0.2) is 48.5 Å². The van der Waals surface area contributed by atoms with E-state index in [-0.39, 0.29) is 17.6 Å². The van der Waals surface area contributed by atoms with Crippen molar-refractivity contribution in [2.75, 3.05) is 12.4 Å². The van der Waals surface area contributed by atoms with E-state index in [2.05, 4.69) is 5.32 Å². The van der Waals surface area contributed by atoms with Crippen molar-refractivity contribution in [1.29, 1.82) is 0 Å². The number of hydrogen-bond donors (Lipinski definition) is 1. The first-order valence-electron chi connectivity index (χ1n) is 7.26. The van der Waals surface area contributed by atoms with Crippen LogP contribution >= 0.6 is 0 Å². The fourth-order valence-electron chi connectivity index (χ4n) is 2.77. The van der Waals surface area contributed by atoms with Crippen molar-refractivity contribution in [1.82, 2.24) is 0 Å². The van der Waals surface area contributed by atoms with Crippen LogP contribution in [0.5, 0.6) is 5.75 Å². The second kappa shape index (κ2) is 6.02. The molecule has 1 aliphatic rings. The van der Waals surface area contributed by atoms with Gasteiger partial charge in [-0.1, -0.05) is 24.3 Å². The van der Waals surface area contributed by atoms with Gasteiger partial charge in [0.2, 0.25) is 5.91 Å². The van der Waals surface area contributed by atoms with Crippen molar-refractivity contribution in [2.24, 2.45) is 0 Å². The van der Waals surface area contributed by atoms with Gasteiger partial charge in [-0.15, -0.1) is 0 Å². The number of para-hydroxylation sites is 1. The Morgan fingerprint density at radius 2 is 1.77 bits per heavy atom. The van der Waals surface area contributed by atoms with Crippen LogP contribution in [0.3, 0.4) is 0 Å². The lowest BCUT2D eigenvalue weighted by atomic mass is 9.85. The molecule has 0 saturated heterocycles. The van der Waals surface area contributed by atoms with Crippen LogP contribution < -0.4 is 10.1 Å². The SMILES string of the molecule is COc1ccc(C2CCC(=O)Nc3ccccc3C2=O)cc1. The van der Waals surface area contributed by atoms with E-state index in [1.165, 1.54) is 0 Å². The van der Waals surface area contributed by atoms with Crippen molar-refractivity contribution in [3.05, 3.63) is 59.7 Å². The minimum atomic E-state index is -0.307. The summed E-state index contributed by atoms with van der Waals surface area (Å²) in [6.45, 7) is 0. The van der Waals surface area contributed by atoms with Crippen LogP contribution in [0.4, 0.5) is 5.69 Å². The Morgan fingerprint density at radius 3 is 2.50 bits per heavy atom. The zero-order chi connectivity index (χ0) is 15.5. The highest BCUT2D eigenvalue weighted by molar-refractivity contribution is 6.09. The summed E-state index contributed by atoms with van der Waals surface area (Å²) in [6.07, 6.45) is 0.835. The second-order valence-corrected chi connectivity index (χ2v) is 5.32. The monoisotopic (exact) mass is 295 g/mol. The maximum Gasteiger partial charge on any atom is 0.224 e. The number of ketones is 1. The summed E-state index contributed by atoms with van der Waals surface area (Å²) in [4.78, 5) is 24.8. The van der Waals surface area contributed by atoms with Gasteiger partial charge in [-0.25, -0.2) is 0 Å². The molecule has 0 saturated carbocycles. The minimum absolute atomic E-state index is 0.0424. The highest BCUT2D eigenvalue weighted by Gasteiger charge is 2.27. The molecule has 2 aromatic rings. The first-order valence-corrected chi connectivity index (χ1v) is 7.26. The molecule has 0 fully saturated rings. The van der Waals surface area contributed by atoms with Gasteiger partial charge in [0.05, 0.1) is 12.8 Å². The van der Waals surface area contributed by atoms with Crippen LogP contribution in [0.25, 0.3) is 0 Å². The lowest BCUT2D eigenvalue weighted by Gasteiger charge is -2.21. The third kappa shape index (κ3) is 2.72. The summed E-state index contributed by atoms with van der Waals surface area (Å²) < 4.78 is 5.15. The van der Waals surface area contributed by atoms with Crippen LogP contribution in [0.1, 0.15) is 34.7 Å². The number of anilines is 1. The first-order chi connectivity index (χ1) is 10.7. The van der Waals surface area contributed by atoms with E-state index >= 15 is 0 Å². The van der Waals surface area contributed by atoms with E-state index in [1.807, 2.05) is 36.4 Å². The number of hydrogen-bond acceptors (Lipinski definition) is 3. The maximum absolute atomic E-state index is 12.9. The van der Waals surface area contributed by atoms with Gasteiger partial charge in [0.15, 0.2) is 5.78 Å². The lowest BCUT2D eigenvalue weighted by Crippen LogP contribution is -2.23. The smallest absolute Gasteiger partial charge is 0.224 e. The van der Waals surface area contributed by atoms with Crippen molar-refractivity contribution in [3.8, 4) is 5.75 Å². The number of amides is 1. The van der Waals surface area contributed by atoms with E-state index in [0.717, 1.165) is 11.3 Å². The summed E-state index contributed by atoms with van der Waals surface area (Å²) in [5.74, 6) is 0.428. The molecule has 0 bridgehead atoms. The van der Waals surface area contributed by atoms with E-state index in [4.69, 9.17) is 4.74 Å². The van der Waals surface area contributed by atoms with Gasteiger partial charge in [-0.3, -0.25) is 9.59 Å². The standard InChI is InChI=1S/C18H17NO3/c1-22-13-8-6-12(7-9-13)14-10-11-17(20)19-16-5-3-2-4-15(16)18(14)21/h2-9,14H,10-11H2,1H3,(H,19,20). The van der Waals surface area contributed by atoms with E-state index in [1.54, 1.807) is 19.2 Å². The Kier molecular flexibility index (Phi) is 3.92. The normalized spacial score (nSPS) is 18.0. The van der Waals surface area contributed by atoms with Gasteiger partial charge < -0.3 is 10.1 Å². The van der Waals surface area contributed by atoms with Crippen LogP contribution in [-0.4, -0.2) is 18.8 Å². The molecule has 0 radical (unpaired) electrons. The van der Waals surface area contributed by atoms with Crippen LogP contribution in [0, 0.1) is 0 Å². The third-order valence-electron chi connectivity index (χ3n) is 3.96. The molecule has 3 rings (SSSR count). The van der Waals surface area contributed by atoms with Gasteiger partial charge in [-0.2, -0.15) is 0 Å². The molecule has 0 aromatic heterocycles. The minimum Gasteiger partial charge on any atom is -0.497 e. The molecule has 0 aliphatic carbocycles. The predicted octanol–water partition coefficient (Wildman–Crippen LogP) is 3.39. The number of carbonyl (C=O) groups is 2. The van der Waals surface area contributed by atoms with E-state index < -0.39 is 0 Å². The molecule has 22 heavy (non-hydrogen) atoms. The first kappa shape index (κ1) is 14.3. The van der Waals surface area contributed by atoms with E-state index in [9.17, 15) is 9.59 Å². The van der Waals surface area contributed by atoms with Crippen molar-refractivity contribution in [3.63, 3.8) is 0 Å². The van der Waals surface area contributed by atoms with Crippen LogP contribution in [0.2, 0.25) is 0 Å². The quantitative estimate of drug-likeness (QED) is 0.924. The number of Topliss-reactive ketones (excluding diaryl/α,β-unsaturated/α-hetero) is 1. The molecule has 1 unspecified atom stereocenters. The number of carbonyl (C=O) groups excluding carboxylic acids is 2. The Hall–Kier alpha value is -2.62. The summed E-state index contributed by atoms with van der Waals surface area (Å²) in [6, 6.07) is 14.6. The Labute approximate surface area is 129 Å². The maximum atomic E-state index is 12.9. The van der Waals surface area contributed by atoms with Crippen molar-refractivity contribution in [2.45, 2.75) is 18.8 Å². The van der Waals surface area contributed by atoms with Gasteiger partial charge in [0, 0.05) is 17.9 Å². The molecular formula is C18H17NO3. The predicted molar refractivity (Wildman–Crippen MR) is 84.4 cm³/mol. The van der Waals surface area contributed by atoms with Crippen molar-refractivity contribution < 1.29 is 14.3 Å². The Balaban J connectivity index is 2.00. The molecule has 1 heterocycles. The number of methoxy groups -OCH3 is 1. The summed E-state index contributed by atoms with van der Waals surface area (Å²) in [5, 5.41) is 2.80. The van der Waals surface area contributed by atoms with Gasteiger partial charge in [0.1, 0.15) is 5.75 Å². The fourth-order valence-corrected chi connectivity index (χ4v) is 2.77. The molecule has 1 amide bonds. The lowest BCUT2D eigenvalue weighted by molar-refractivity contribution is -0.116. The largest absolute Gasteiger partial charge is 0.497 e. The molecule has 2 aromatic carbocycles. The zero-order valence-electron chi connectivity index (χ0n) is 12.3. The molecular weight excluding hydrogens is 278 g/mol. The van der Waals surface area contributed by atoms with Crippen LogP contribution in [-0.2, 0) is 4.79 Å². The number of fused-ring (bicyclic) bond motifs is 1. The Morgan fingerprint density at radius 1 is 1.05 bits per heavy atom. The molecule has 4 heteroatoms. The summed E-state index contributed by atoms with van der Waals surface area (Å²) >= 11 is 0. The molecule has 112 valence electrons. The Bertz CT molecular complexity index is 707. The number of benzene rings is 2. The second-order valence-electron chi connectivity index (χ2n) is 5.32. The highest BCUT2D eigenvalue weighted by atomic mass is 16.5. The topological polar surface area (TPSA) is 55.4 Å². The molecule has 4 nitrogen and oxygen atoms in total.